The van der Waals surface area contributed by atoms with E-state index in [2.05, 4.69) is 45.5 Å². The molecule has 0 unspecified atom stereocenters. The molecule has 2 aromatic heterocycles. The zero-order valence-electron chi connectivity index (χ0n) is 19.5. The summed E-state index contributed by atoms with van der Waals surface area (Å²) in [5.41, 5.74) is 6.16. The van der Waals surface area contributed by atoms with Crippen molar-refractivity contribution >= 4 is 49.4 Å². The topological polar surface area (TPSA) is 87.3 Å². The van der Waals surface area contributed by atoms with Gasteiger partial charge in [-0.25, -0.2) is 4.98 Å². The third-order valence-electron chi connectivity index (χ3n) is 6.23. The Labute approximate surface area is 208 Å². The molecule has 180 valence electrons. The largest absolute Gasteiger partial charge is 0.383 e. The molecule has 0 spiro atoms. The van der Waals surface area contributed by atoms with Crippen molar-refractivity contribution in [2.24, 2.45) is 0 Å². The zero-order valence-corrected chi connectivity index (χ0v) is 21.1. The number of nitrogens with one attached hydrogen (secondary N) is 4. The molecule has 0 fully saturated rings. The van der Waals surface area contributed by atoms with E-state index in [-0.39, 0.29) is 5.91 Å². The molecule has 0 aliphatic carbocycles. The van der Waals surface area contributed by atoms with E-state index in [1.807, 2.05) is 0 Å². The van der Waals surface area contributed by atoms with Gasteiger partial charge in [0.1, 0.15) is 10.0 Å². The van der Waals surface area contributed by atoms with Gasteiger partial charge in [-0.2, -0.15) is 0 Å². The summed E-state index contributed by atoms with van der Waals surface area (Å²) in [4.78, 5) is 19.0. The number of nitrogens with zero attached hydrogens (tertiary/aromatic N) is 1. The number of benzene rings is 1. The molecule has 4 N–H and O–H groups in total. The number of hydrogen-bond acceptors (Lipinski definition) is 8. The lowest BCUT2D eigenvalue weighted by Gasteiger charge is -2.13. The number of anilines is 1. The second kappa shape index (κ2) is 11.1. The van der Waals surface area contributed by atoms with Crippen LogP contribution in [0.2, 0.25) is 0 Å². The Bertz CT molecular complexity index is 1200. The summed E-state index contributed by atoms with van der Waals surface area (Å²) in [7, 11) is 1.68. The molecule has 2 aliphatic rings. The Kier molecular flexibility index (Phi) is 7.68. The third-order valence-corrected chi connectivity index (χ3v) is 8.41. The van der Waals surface area contributed by atoms with Crippen LogP contribution in [0, 0.1) is 0 Å². The molecule has 34 heavy (non-hydrogen) atoms. The molecule has 1 aromatic carbocycles. The van der Waals surface area contributed by atoms with Gasteiger partial charge in [0.25, 0.3) is 0 Å². The van der Waals surface area contributed by atoms with E-state index in [1.54, 1.807) is 29.8 Å². The Morgan fingerprint density at radius 3 is 2.94 bits per heavy atom. The van der Waals surface area contributed by atoms with Gasteiger partial charge >= 0.3 is 0 Å². The number of carbonyl (C=O) groups excluding carboxylic acids is 1. The van der Waals surface area contributed by atoms with E-state index >= 15 is 0 Å². The van der Waals surface area contributed by atoms with Gasteiger partial charge in [-0.05, 0) is 54.8 Å². The maximum atomic E-state index is 12.7. The first kappa shape index (κ1) is 23.6. The molecule has 0 bridgehead atoms. The molecular formula is C25H31N5O2S2. The van der Waals surface area contributed by atoms with Gasteiger partial charge in [0.15, 0.2) is 0 Å². The summed E-state index contributed by atoms with van der Waals surface area (Å²) in [5.74, 6) is 0.0268. The van der Waals surface area contributed by atoms with Crippen LogP contribution in [-0.2, 0) is 22.5 Å². The minimum Gasteiger partial charge on any atom is -0.383 e. The molecular weight excluding hydrogens is 466 g/mol. The number of hydrogen-bond donors (Lipinski definition) is 4. The van der Waals surface area contributed by atoms with Crippen molar-refractivity contribution in [3.05, 3.63) is 40.3 Å². The minimum atomic E-state index is 0.0268. The van der Waals surface area contributed by atoms with Crippen LogP contribution in [0.15, 0.2) is 24.3 Å². The van der Waals surface area contributed by atoms with E-state index in [0.29, 0.717) is 19.6 Å². The van der Waals surface area contributed by atoms with Gasteiger partial charge < -0.3 is 26.0 Å². The number of methoxy groups -OCH3 is 1. The number of carbonyl (C=O) groups is 1. The van der Waals surface area contributed by atoms with E-state index < -0.39 is 0 Å². The Hall–Kier alpha value is -2.14. The monoisotopic (exact) mass is 497 g/mol. The van der Waals surface area contributed by atoms with Crippen LogP contribution in [-0.4, -0.2) is 57.3 Å². The van der Waals surface area contributed by atoms with Crippen molar-refractivity contribution in [3.8, 4) is 10.6 Å². The fourth-order valence-electron chi connectivity index (χ4n) is 4.46. The highest BCUT2D eigenvalue weighted by atomic mass is 32.1. The van der Waals surface area contributed by atoms with Crippen molar-refractivity contribution in [3.63, 3.8) is 0 Å². The first-order chi connectivity index (χ1) is 16.7. The van der Waals surface area contributed by atoms with Crippen LogP contribution >= 0.6 is 22.7 Å². The number of fused-ring (bicyclic) bond motifs is 2. The van der Waals surface area contributed by atoms with Crippen LogP contribution in [0.4, 0.5) is 5.00 Å². The summed E-state index contributed by atoms with van der Waals surface area (Å²) < 4.78 is 6.24. The quantitative estimate of drug-likeness (QED) is 0.338. The summed E-state index contributed by atoms with van der Waals surface area (Å²) in [6, 6.07) is 6.60. The van der Waals surface area contributed by atoms with E-state index in [1.165, 1.54) is 26.3 Å². The summed E-state index contributed by atoms with van der Waals surface area (Å²) in [6.07, 6.45) is 4.72. The van der Waals surface area contributed by atoms with Gasteiger partial charge in [-0.15, -0.1) is 22.7 Å². The standard InChI is InChI=1S/C25H31N5O2S2/c1-32-13-12-27-11-7-22(31)30-25-23(18-6-10-28-15-21(18)34-25)24-29-19-3-2-17(14-20(19)33-24)16-4-8-26-9-5-16/h2-4,14,26-28H,5-13,15H2,1H3,(H,30,31). The van der Waals surface area contributed by atoms with Crippen molar-refractivity contribution in [1.29, 1.82) is 0 Å². The number of aromatic nitrogens is 1. The van der Waals surface area contributed by atoms with Crippen LogP contribution in [0.25, 0.3) is 26.4 Å². The number of rotatable bonds is 9. The third kappa shape index (κ3) is 5.25. The van der Waals surface area contributed by atoms with Crippen molar-refractivity contribution in [2.75, 3.05) is 51.8 Å². The molecule has 9 heteroatoms. The molecule has 0 radical (unpaired) electrons. The van der Waals surface area contributed by atoms with Crippen molar-refractivity contribution < 1.29 is 9.53 Å². The number of ether oxygens (including phenoxy) is 1. The first-order valence-corrected chi connectivity index (χ1v) is 13.5. The predicted octanol–water partition coefficient (Wildman–Crippen LogP) is 3.61. The van der Waals surface area contributed by atoms with E-state index in [9.17, 15) is 4.79 Å². The molecule has 0 saturated carbocycles. The highest BCUT2D eigenvalue weighted by Crippen LogP contribution is 2.45. The lowest BCUT2D eigenvalue weighted by atomic mass is 10.0. The molecule has 7 nitrogen and oxygen atoms in total. The molecule has 5 rings (SSSR count). The van der Waals surface area contributed by atoms with Gasteiger partial charge in [0.2, 0.25) is 5.91 Å². The molecule has 0 saturated heterocycles. The van der Waals surface area contributed by atoms with Crippen molar-refractivity contribution in [2.45, 2.75) is 25.8 Å². The zero-order chi connectivity index (χ0) is 23.3. The fourth-order valence-corrected chi connectivity index (χ4v) is 6.84. The molecule has 1 amide bonds. The summed E-state index contributed by atoms with van der Waals surface area (Å²) in [5, 5.41) is 15.2. The average Bonchev–Trinajstić information content (AvgIpc) is 3.44. The Balaban J connectivity index is 1.41. The second-order valence-corrected chi connectivity index (χ2v) is 10.7. The van der Waals surface area contributed by atoms with E-state index in [4.69, 9.17) is 9.72 Å². The smallest absolute Gasteiger partial charge is 0.226 e. The molecule has 4 heterocycles. The maximum absolute atomic E-state index is 12.7. The van der Waals surface area contributed by atoms with Crippen LogP contribution < -0.4 is 21.3 Å². The minimum absolute atomic E-state index is 0.0268. The molecule has 2 aliphatic heterocycles. The number of thiophene rings is 1. The summed E-state index contributed by atoms with van der Waals surface area (Å²) >= 11 is 3.41. The van der Waals surface area contributed by atoms with Crippen LogP contribution in [0.5, 0.6) is 0 Å². The second-order valence-electron chi connectivity index (χ2n) is 8.56. The number of thiazole rings is 1. The summed E-state index contributed by atoms with van der Waals surface area (Å²) in [6.45, 7) is 5.77. The SMILES string of the molecule is COCCNCCC(=O)Nc1sc2c(c1-c1nc3ccc(C4=CCNCC4)cc3s1)CCNC2. The lowest BCUT2D eigenvalue weighted by molar-refractivity contribution is -0.116. The lowest BCUT2D eigenvalue weighted by Crippen LogP contribution is -2.24. The first-order valence-electron chi connectivity index (χ1n) is 11.9. The molecule has 3 aromatic rings. The molecule has 0 atom stereocenters. The maximum Gasteiger partial charge on any atom is 0.226 e. The van der Waals surface area contributed by atoms with Gasteiger partial charge in [0.05, 0.1) is 16.8 Å². The van der Waals surface area contributed by atoms with Gasteiger partial charge in [-0.3, -0.25) is 4.79 Å². The van der Waals surface area contributed by atoms with Crippen LogP contribution in [0.1, 0.15) is 28.8 Å². The normalized spacial score (nSPS) is 15.9. The fraction of sp³-hybridized carbons (Fsp3) is 0.440. The highest BCUT2D eigenvalue weighted by molar-refractivity contribution is 7.23. The number of amides is 1. The highest BCUT2D eigenvalue weighted by Gasteiger charge is 2.25. The van der Waals surface area contributed by atoms with Crippen LogP contribution in [0.3, 0.4) is 0 Å². The predicted molar refractivity (Wildman–Crippen MR) is 142 cm³/mol. The van der Waals surface area contributed by atoms with Crippen molar-refractivity contribution in [1.82, 2.24) is 20.9 Å². The average molecular weight is 498 g/mol. The van der Waals surface area contributed by atoms with E-state index in [0.717, 1.165) is 66.7 Å². The van der Waals surface area contributed by atoms with Gasteiger partial charge in [-0.1, -0.05) is 12.1 Å². The Morgan fingerprint density at radius 1 is 1.18 bits per heavy atom. The Morgan fingerprint density at radius 2 is 2.09 bits per heavy atom. The van der Waals surface area contributed by atoms with Gasteiger partial charge in [0, 0.05) is 50.2 Å².